The van der Waals surface area contributed by atoms with Gasteiger partial charge in [0.25, 0.3) is 0 Å². The number of nitrogens with one attached hydrogen (secondary N) is 2. The van der Waals surface area contributed by atoms with Gasteiger partial charge in [-0.3, -0.25) is 0 Å². The summed E-state index contributed by atoms with van der Waals surface area (Å²) in [6.07, 6.45) is -4.61. The van der Waals surface area contributed by atoms with Gasteiger partial charge in [0.2, 0.25) is 11.9 Å². The van der Waals surface area contributed by atoms with Gasteiger partial charge in [0.05, 0.1) is 0 Å². The highest BCUT2D eigenvalue weighted by molar-refractivity contribution is 5.65. The Balaban J connectivity index is 2.38. The van der Waals surface area contributed by atoms with E-state index in [9.17, 15) is 22.7 Å². The van der Waals surface area contributed by atoms with E-state index in [4.69, 9.17) is 0 Å². The number of nitrogens with zero attached hydrogens (tertiary/aromatic N) is 3. The SMILES string of the molecule is CC(C)CNc1nc(N[C@H](C)C(F)(F)F)nc(C2=C(F)C(O)CCC2)n1. The fourth-order valence-electron chi connectivity index (χ4n) is 2.36. The molecule has 1 unspecified atom stereocenters. The van der Waals surface area contributed by atoms with E-state index in [1.54, 1.807) is 0 Å². The molecule has 3 N–H and O–H groups in total. The van der Waals surface area contributed by atoms with Gasteiger partial charge in [-0.05, 0) is 32.1 Å². The molecule has 1 aromatic heterocycles. The average molecular weight is 377 g/mol. The summed E-state index contributed by atoms with van der Waals surface area (Å²) in [6.45, 7) is 5.32. The first-order chi connectivity index (χ1) is 12.1. The molecule has 0 bridgehead atoms. The van der Waals surface area contributed by atoms with Gasteiger partial charge in [0.15, 0.2) is 5.82 Å². The Hall–Kier alpha value is -1.97. The number of anilines is 2. The number of hydrogen-bond donors (Lipinski definition) is 3. The summed E-state index contributed by atoms with van der Waals surface area (Å²) >= 11 is 0. The highest BCUT2D eigenvalue weighted by atomic mass is 19.4. The predicted molar refractivity (Wildman–Crippen MR) is 90.2 cm³/mol. The van der Waals surface area contributed by atoms with Gasteiger partial charge >= 0.3 is 6.18 Å². The lowest BCUT2D eigenvalue weighted by Gasteiger charge is -2.21. The number of alkyl halides is 3. The van der Waals surface area contributed by atoms with E-state index in [-0.39, 0.29) is 35.6 Å². The van der Waals surface area contributed by atoms with Crippen LogP contribution in [0.15, 0.2) is 5.83 Å². The van der Waals surface area contributed by atoms with Crippen LogP contribution in [0.3, 0.4) is 0 Å². The van der Waals surface area contributed by atoms with Crippen LogP contribution in [0.4, 0.5) is 29.5 Å². The lowest BCUT2D eigenvalue weighted by Crippen LogP contribution is -2.34. The maximum absolute atomic E-state index is 14.3. The number of aromatic nitrogens is 3. The summed E-state index contributed by atoms with van der Waals surface area (Å²) in [7, 11) is 0. The molecule has 0 aliphatic heterocycles. The Kier molecular flexibility index (Phi) is 6.38. The highest BCUT2D eigenvalue weighted by Crippen LogP contribution is 2.32. The minimum Gasteiger partial charge on any atom is -0.386 e. The second-order valence-corrected chi connectivity index (χ2v) is 6.72. The van der Waals surface area contributed by atoms with Crippen LogP contribution < -0.4 is 10.6 Å². The average Bonchev–Trinajstić information content (AvgIpc) is 2.54. The normalized spacial score (nSPS) is 19.7. The molecule has 0 aromatic carbocycles. The molecule has 10 heteroatoms. The van der Waals surface area contributed by atoms with Crippen molar-refractivity contribution in [2.24, 2.45) is 5.92 Å². The first kappa shape index (κ1) is 20.3. The lowest BCUT2D eigenvalue weighted by atomic mass is 9.96. The molecule has 146 valence electrons. The third kappa shape index (κ3) is 5.26. The first-order valence-corrected chi connectivity index (χ1v) is 8.48. The van der Waals surface area contributed by atoms with Crippen molar-refractivity contribution in [3.63, 3.8) is 0 Å². The fraction of sp³-hybridized carbons (Fsp3) is 0.688. The smallest absolute Gasteiger partial charge is 0.386 e. The molecule has 1 aliphatic rings. The monoisotopic (exact) mass is 377 g/mol. The Labute approximate surface area is 149 Å². The largest absolute Gasteiger partial charge is 0.408 e. The van der Waals surface area contributed by atoms with E-state index in [2.05, 4.69) is 25.6 Å². The standard InChI is InChI=1S/C16H23F4N5O/c1-8(2)7-21-14-23-13(10-5-4-6-11(26)12(10)17)24-15(25-14)22-9(3)16(18,19)20/h8-9,11,26H,4-7H2,1-3H3,(H2,21,22,23,24,25)/t9-,11?/m1/s1. The zero-order valence-corrected chi connectivity index (χ0v) is 14.9. The van der Waals surface area contributed by atoms with Crippen molar-refractivity contribution < 1.29 is 22.7 Å². The van der Waals surface area contributed by atoms with E-state index in [1.165, 1.54) is 0 Å². The van der Waals surface area contributed by atoms with Gasteiger partial charge in [-0.25, -0.2) is 4.39 Å². The van der Waals surface area contributed by atoms with Crippen LogP contribution in [0.1, 0.15) is 45.9 Å². The van der Waals surface area contributed by atoms with E-state index in [0.717, 1.165) is 6.92 Å². The van der Waals surface area contributed by atoms with Crippen LogP contribution >= 0.6 is 0 Å². The van der Waals surface area contributed by atoms with Crippen molar-refractivity contribution >= 4 is 17.5 Å². The Morgan fingerprint density at radius 3 is 2.42 bits per heavy atom. The molecule has 26 heavy (non-hydrogen) atoms. The molecular weight excluding hydrogens is 354 g/mol. The van der Waals surface area contributed by atoms with Crippen LogP contribution in [0.5, 0.6) is 0 Å². The van der Waals surface area contributed by atoms with Crippen molar-refractivity contribution in [3.05, 3.63) is 11.7 Å². The van der Waals surface area contributed by atoms with Crippen LogP contribution in [-0.2, 0) is 0 Å². The number of aliphatic hydroxyl groups excluding tert-OH is 1. The summed E-state index contributed by atoms with van der Waals surface area (Å²) in [6, 6.07) is -1.88. The predicted octanol–water partition coefficient (Wildman–Crippen LogP) is 3.53. The Morgan fingerprint density at radius 2 is 1.81 bits per heavy atom. The quantitative estimate of drug-likeness (QED) is 0.658. The number of aliphatic hydroxyl groups is 1. The Bertz CT molecular complexity index is 663. The first-order valence-electron chi connectivity index (χ1n) is 8.48. The molecule has 2 rings (SSSR count). The summed E-state index contributed by atoms with van der Waals surface area (Å²) < 4.78 is 52.7. The lowest BCUT2D eigenvalue weighted by molar-refractivity contribution is -0.138. The van der Waals surface area contributed by atoms with E-state index >= 15 is 0 Å². The van der Waals surface area contributed by atoms with E-state index in [1.807, 2.05) is 13.8 Å². The van der Waals surface area contributed by atoms with Gasteiger partial charge in [-0.15, -0.1) is 0 Å². The molecule has 6 nitrogen and oxygen atoms in total. The summed E-state index contributed by atoms with van der Waals surface area (Å²) in [5.74, 6) is -0.813. The maximum atomic E-state index is 14.3. The maximum Gasteiger partial charge on any atom is 0.408 e. The number of allylic oxidation sites excluding steroid dienone is 1. The van der Waals surface area contributed by atoms with Gasteiger partial charge in [-0.1, -0.05) is 13.8 Å². The van der Waals surface area contributed by atoms with Gasteiger partial charge in [-0.2, -0.15) is 28.1 Å². The van der Waals surface area contributed by atoms with Gasteiger partial charge in [0, 0.05) is 12.1 Å². The number of halogens is 4. The molecule has 1 aliphatic carbocycles. The van der Waals surface area contributed by atoms with Gasteiger partial charge < -0.3 is 15.7 Å². The second-order valence-electron chi connectivity index (χ2n) is 6.72. The molecule has 1 heterocycles. The number of hydrogen-bond acceptors (Lipinski definition) is 6. The molecule has 0 spiro atoms. The topological polar surface area (TPSA) is 83.0 Å². The Morgan fingerprint density at radius 1 is 1.15 bits per heavy atom. The third-order valence-corrected chi connectivity index (χ3v) is 3.90. The van der Waals surface area contributed by atoms with Crippen molar-refractivity contribution in [2.45, 2.75) is 58.4 Å². The van der Waals surface area contributed by atoms with Crippen molar-refractivity contribution in [1.29, 1.82) is 0 Å². The molecule has 0 radical (unpaired) electrons. The summed E-state index contributed by atoms with van der Waals surface area (Å²) in [5.41, 5.74) is 0.0986. The summed E-state index contributed by atoms with van der Waals surface area (Å²) in [5, 5.41) is 14.8. The van der Waals surface area contributed by atoms with Crippen molar-refractivity contribution in [1.82, 2.24) is 15.0 Å². The van der Waals surface area contributed by atoms with Crippen LogP contribution in [0.25, 0.3) is 5.57 Å². The molecule has 1 aromatic rings. The molecule has 0 saturated carbocycles. The second kappa shape index (κ2) is 8.15. The van der Waals surface area contributed by atoms with Crippen LogP contribution in [0.2, 0.25) is 0 Å². The zero-order valence-electron chi connectivity index (χ0n) is 14.9. The van der Waals surface area contributed by atoms with Crippen LogP contribution in [-0.4, -0.2) is 44.9 Å². The number of rotatable bonds is 6. The van der Waals surface area contributed by atoms with Crippen LogP contribution in [0, 0.1) is 5.92 Å². The molecule has 2 atom stereocenters. The van der Waals surface area contributed by atoms with Crippen molar-refractivity contribution in [3.8, 4) is 0 Å². The third-order valence-electron chi connectivity index (χ3n) is 3.90. The molecule has 0 fully saturated rings. The fourth-order valence-corrected chi connectivity index (χ4v) is 2.36. The van der Waals surface area contributed by atoms with Crippen molar-refractivity contribution in [2.75, 3.05) is 17.2 Å². The highest BCUT2D eigenvalue weighted by Gasteiger charge is 2.36. The minimum atomic E-state index is -4.48. The minimum absolute atomic E-state index is 0.0564. The summed E-state index contributed by atoms with van der Waals surface area (Å²) in [4.78, 5) is 12.0. The van der Waals surface area contributed by atoms with E-state index in [0.29, 0.717) is 19.4 Å². The van der Waals surface area contributed by atoms with E-state index < -0.39 is 24.1 Å². The molecule has 0 amide bonds. The van der Waals surface area contributed by atoms with Gasteiger partial charge in [0.1, 0.15) is 18.0 Å². The molecule has 0 saturated heterocycles. The molecular formula is C16H23F4N5O. The zero-order chi connectivity index (χ0) is 19.5.